The van der Waals surface area contributed by atoms with E-state index < -0.39 is 0 Å². The van der Waals surface area contributed by atoms with E-state index in [1.807, 2.05) is 24.3 Å². The van der Waals surface area contributed by atoms with Crippen LogP contribution in [-0.4, -0.2) is 28.3 Å². The van der Waals surface area contributed by atoms with Crippen LogP contribution < -0.4 is 4.74 Å². The van der Waals surface area contributed by atoms with E-state index in [1.165, 1.54) is 18.1 Å². The van der Waals surface area contributed by atoms with Gasteiger partial charge in [0, 0.05) is 8.95 Å². The average Bonchev–Trinajstić information content (AvgIpc) is 2.86. The van der Waals surface area contributed by atoms with Gasteiger partial charge in [-0.05, 0) is 53.2 Å². The van der Waals surface area contributed by atoms with Gasteiger partial charge in [-0.3, -0.25) is 14.5 Å². The second-order valence-electron chi connectivity index (χ2n) is 5.44. The summed E-state index contributed by atoms with van der Waals surface area (Å²) in [7, 11) is 1.44. The summed E-state index contributed by atoms with van der Waals surface area (Å²) in [6.45, 7) is 0.218. The number of halogens is 2. The van der Waals surface area contributed by atoms with Crippen molar-refractivity contribution in [3.8, 4) is 11.5 Å². The highest BCUT2D eigenvalue weighted by Gasteiger charge is 2.35. The predicted octanol–water partition coefficient (Wildman–Crippen LogP) is 5.16. The fourth-order valence-electron chi connectivity index (χ4n) is 2.38. The number of phenols is 1. The van der Waals surface area contributed by atoms with Crippen molar-refractivity contribution >= 4 is 60.8 Å². The maximum absolute atomic E-state index is 12.6. The van der Waals surface area contributed by atoms with Crippen LogP contribution in [0.15, 0.2) is 50.2 Å². The molecule has 2 aromatic rings. The Kier molecular flexibility index (Phi) is 5.74. The first kappa shape index (κ1) is 19.0. The second kappa shape index (κ2) is 7.85. The summed E-state index contributed by atoms with van der Waals surface area (Å²) in [5.74, 6) is -0.0738. The Morgan fingerprint density at radius 2 is 1.88 bits per heavy atom. The van der Waals surface area contributed by atoms with E-state index in [0.29, 0.717) is 14.9 Å². The number of methoxy groups -OCH3 is 1. The van der Waals surface area contributed by atoms with Gasteiger partial charge in [-0.1, -0.05) is 44.0 Å². The summed E-state index contributed by atoms with van der Waals surface area (Å²) in [5.41, 5.74) is 1.50. The number of amides is 2. The van der Waals surface area contributed by atoms with E-state index in [9.17, 15) is 14.7 Å². The minimum Gasteiger partial charge on any atom is -0.504 e. The topological polar surface area (TPSA) is 66.8 Å². The van der Waals surface area contributed by atoms with Crippen molar-refractivity contribution in [2.45, 2.75) is 6.54 Å². The lowest BCUT2D eigenvalue weighted by molar-refractivity contribution is -0.123. The van der Waals surface area contributed by atoms with Gasteiger partial charge in [0.15, 0.2) is 11.5 Å². The van der Waals surface area contributed by atoms with Crippen LogP contribution in [0.3, 0.4) is 0 Å². The summed E-state index contributed by atoms with van der Waals surface area (Å²) in [6, 6.07) is 10.5. The molecule has 1 N–H and O–H groups in total. The number of phenolic OH excluding ortho intramolecular Hbond substituents is 1. The number of rotatable bonds is 4. The third-order valence-corrected chi connectivity index (χ3v) is 5.84. The maximum Gasteiger partial charge on any atom is 0.293 e. The molecule has 1 saturated heterocycles. The van der Waals surface area contributed by atoms with Crippen LogP contribution >= 0.6 is 43.6 Å². The standard InChI is InChI=1S/C18H13Br2NO4S/c1-25-15-6-11(13(20)8-14(15)22)7-16-17(23)21(18(24)26-16)9-10-2-4-12(19)5-3-10/h2-8,22H,9H2,1H3/b16-7-. The molecule has 8 heteroatoms. The van der Waals surface area contributed by atoms with E-state index in [-0.39, 0.29) is 29.2 Å². The molecule has 3 rings (SSSR count). The van der Waals surface area contributed by atoms with E-state index in [1.54, 1.807) is 12.1 Å². The van der Waals surface area contributed by atoms with E-state index in [4.69, 9.17) is 4.74 Å². The Morgan fingerprint density at radius 1 is 1.19 bits per heavy atom. The number of hydrogen-bond acceptors (Lipinski definition) is 5. The van der Waals surface area contributed by atoms with E-state index in [0.717, 1.165) is 21.8 Å². The molecule has 1 fully saturated rings. The molecular weight excluding hydrogens is 486 g/mol. The van der Waals surface area contributed by atoms with Gasteiger partial charge in [-0.15, -0.1) is 0 Å². The largest absolute Gasteiger partial charge is 0.504 e. The van der Waals surface area contributed by atoms with Crippen LogP contribution in [0.25, 0.3) is 6.08 Å². The quantitative estimate of drug-likeness (QED) is 0.589. The number of carbonyl (C=O) groups is 2. The van der Waals surface area contributed by atoms with Crippen molar-refractivity contribution < 1.29 is 19.4 Å². The number of thioether (sulfide) groups is 1. The van der Waals surface area contributed by atoms with Crippen molar-refractivity contribution in [1.82, 2.24) is 4.90 Å². The Labute approximate surface area is 171 Å². The molecule has 0 saturated carbocycles. The number of nitrogens with zero attached hydrogens (tertiary/aromatic N) is 1. The zero-order valence-corrected chi connectivity index (χ0v) is 17.5. The molecule has 1 heterocycles. The van der Waals surface area contributed by atoms with Crippen LogP contribution in [0.4, 0.5) is 4.79 Å². The molecule has 0 atom stereocenters. The maximum atomic E-state index is 12.6. The van der Waals surface area contributed by atoms with Crippen LogP contribution in [0.2, 0.25) is 0 Å². The first-order valence-corrected chi connectivity index (χ1v) is 9.85. The smallest absolute Gasteiger partial charge is 0.293 e. The molecule has 1 aliphatic rings. The number of imide groups is 1. The molecule has 0 bridgehead atoms. The number of ether oxygens (including phenoxy) is 1. The van der Waals surface area contributed by atoms with Crippen LogP contribution in [0, 0.1) is 0 Å². The lowest BCUT2D eigenvalue weighted by Crippen LogP contribution is -2.27. The molecule has 0 radical (unpaired) electrons. The van der Waals surface area contributed by atoms with E-state index in [2.05, 4.69) is 31.9 Å². The van der Waals surface area contributed by atoms with Crippen molar-refractivity contribution in [1.29, 1.82) is 0 Å². The van der Waals surface area contributed by atoms with Gasteiger partial charge in [0.05, 0.1) is 18.6 Å². The monoisotopic (exact) mass is 497 g/mol. The summed E-state index contributed by atoms with van der Waals surface area (Å²) >= 11 is 7.59. The van der Waals surface area contributed by atoms with Gasteiger partial charge in [0.25, 0.3) is 11.1 Å². The summed E-state index contributed by atoms with van der Waals surface area (Å²) in [4.78, 5) is 26.4. The fraction of sp³-hybridized carbons (Fsp3) is 0.111. The fourth-order valence-corrected chi connectivity index (χ4v) is 3.92. The Bertz CT molecular complexity index is 912. The Hall–Kier alpha value is -1.77. The first-order chi connectivity index (χ1) is 12.4. The summed E-state index contributed by atoms with van der Waals surface area (Å²) < 4.78 is 6.61. The highest BCUT2D eigenvalue weighted by Crippen LogP contribution is 2.37. The van der Waals surface area contributed by atoms with Gasteiger partial charge >= 0.3 is 0 Å². The van der Waals surface area contributed by atoms with Crippen molar-refractivity contribution in [2.24, 2.45) is 0 Å². The second-order valence-corrected chi connectivity index (χ2v) is 8.20. The zero-order valence-electron chi connectivity index (χ0n) is 13.5. The highest BCUT2D eigenvalue weighted by molar-refractivity contribution is 9.10. The van der Waals surface area contributed by atoms with Gasteiger partial charge in [-0.2, -0.15) is 0 Å². The lowest BCUT2D eigenvalue weighted by Gasteiger charge is -2.12. The van der Waals surface area contributed by atoms with Gasteiger partial charge < -0.3 is 9.84 Å². The van der Waals surface area contributed by atoms with Crippen LogP contribution in [0.1, 0.15) is 11.1 Å². The van der Waals surface area contributed by atoms with Gasteiger partial charge in [0.2, 0.25) is 0 Å². The molecule has 2 amide bonds. The SMILES string of the molecule is COc1cc(/C=C2\SC(=O)N(Cc3ccc(Br)cc3)C2=O)c(Br)cc1O. The molecule has 0 aromatic heterocycles. The van der Waals surface area contributed by atoms with Gasteiger partial charge in [0.1, 0.15) is 0 Å². The summed E-state index contributed by atoms with van der Waals surface area (Å²) in [5, 5.41) is 9.47. The normalized spacial score (nSPS) is 15.8. The molecule has 5 nitrogen and oxygen atoms in total. The summed E-state index contributed by atoms with van der Waals surface area (Å²) in [6.07, 6.45) is 1.61. The molecule has 0 aliphatic carbocycles. The highest BCUT2D eigenvalue weighted by atomic mass is 79.9. The first-order valence-electron chi connectivity index (χ1n) is 7.45. The molecule has 134 valence electrons. The molecule has 0 spiro atoms. The van der Waals surface area contributed by atoms with Crippen LogP contribution in [-0.2, 0) is 11.3 Å². The zero-order chi connectivity index (χ0) is 18.8. The Morgan fingerprint density at radius 3 is 2.54 bits per heavy atom. The molecular formula is C18H13Br2NO4S. The van der Waals surface area contributed by atoms with Crippen LogP contribution in [0.5, 0.6) is 11.5 Å². The van der Waals surface area contributed by atoms with Crippen molar-refractivity contribution in [2.75, 3.05) is 7.11 Å². The number of benzene rings is 2. The molecule has 2 aromatic carbocycles. The van der Waals surface area contributed by atoms with Crippen molar-refractivity contribution in [3.63, 3.8) is 0 Å². The number of hydrogen-bond donors (Lipinski definition) is 1. The lowest BCUT2D eigenvalue weighted by atomic mass is 10.1. The Balaban J connectivity index is 1.86. The van der Waals surface area contributed by atoms with Crippen molar-refractivity contribution in [3.05, 3.63) is 61.4 Å². The van der Waals surface area contributed by atoms with Gasteiger partial charge in [-0.25, -0.2) is 0 Å². The predicted molar refractivity (Wildman–Crippen MR) is 108 cm³/mol. The van der Waals surface area contributed by atoms with E-state index >= 15 is 0 Å². The number of aromatic hydroxyl groups is 1. The third-order valence-electron chi connectivity index (χ3n) is 3.71. The molecule has 0 unspecified atom stereocenters. The molecule has 1 aliphatic heterocycles. The third kappa shape index (κ3) is 3.97. The number of carbonyl (C=O) groups excluding carboxylic acids is 2. The molecule has 26 heavy (non-hydrogen) atoms. The average molecular weight is 499 g/mol. The minimum absolute atomic E-state index is 0.0140. The minimum atomic E-state index is -0.345.